The molecule has 0 spiro atoms. The molecular formula is C6H5N3O. The summed E-state index contributed by atoms with van der Waals surface area (Å²) in [7, 11) is 0. The van der Waals surface area contributed by atoms with Crippen LogP contribution in [0.1, 0.15) is 5.69 Å². The number of hydrogen-bond acceptors (Lipinski definition) is 3. The van der Waals surface area contributed by atoms with E-state index in [1.54, 1.807) is 6.08 Å². The van der Waals surface area contributed by atoms with Gasteiger partial charge in [-0.15, -0.1) is 0 Å². The van der Waals surface area contributed by atoms with Crippen LogP contribution in [0, 0.1) is 0 Å². The summed E-state index contributed by atoms with van der Waals surface area (Å²) < 4.78 is 4.68. The van der Waals surface area contributed by atoms with Gasteiger partial charge in [0.05, 0.1) is 11.1 Å². The molecule has 0 atom stereocenters. The fraction of sp³-hybridized carbons (Fsp3) is 0. The number of H-pyrrole nitrogens is 1. The van der Waals surface area contributed by atoms with Crippen LogP contribution in [0.5, 0.6) is 0 Å². The molecule has 0 amide bonds. The summed E-state index contributed by atoms with van der Waals surface area (Å²) in [5.74, 6) is 0. The van der Waals surface area contributed by atoms with E-state index in [1.165, 1.54) is 6.26 Å². The summed E-state index contributed by atoms with van der Waals surface area (Å²) in [6.45, 7) is 3.58. The van der Waals surface area contributed by atoms with E-state index in [4.69, 9.17) is 0 Å². The van der Waals surface area contributed by atoms with E-state index in [-0.39, 0.29) is 0 Å². The number of hydrogen-bond donors (Lipinski definition) is 1. The number of nitrogens with one attached hydrogen (secondary N) is 1. The zero-order chi connectivity index (χ0) is 6.97. The minimum absolute atomic E-state index is 0.662. The maximum absolute atomic E-state index is 4.68. The molecular weight excluding hydrogens is 130 g/mol. The average molecular weight is 135 g/mol. The predicted molar refractivity (Wildman–Crippen MR) is 36.2 cm³/mol. The second-order valence-corrected chi connectivity index (χ2v) is 1.89. The molecule has 10 heavy (non-hydrogen) atoms. The van der Waals surface area contributed by atoms with Crippen molar-refractivity contribution in [1.82, 2.24) is 15.4 Å². The zero-order valence-electron chi connectivity index (χ0n) is 5.16. The van der Waals surface area contributed by atoms with Gasteiger partial charge in [-0.3, -0.25) is 5.10 Å². The van der Waals surface area contributed by atoms with Gasteiger partial charge in [-0.05, 0) is 6.08 Å². The Hall–Kier alpha value is -1.58. The zero-order valence-corrected chi connectivity index (χ0v) is 5.16. The third kappa shape index (κ3) is 0.500. The molecule has 0 bridgehead atoms. The Balaban J connectivity index is 2.88. The Labute approximate surface area is 56.5 Å². The predicted octanol–water partition coefficient (Wildman–Crippen LogP) is 1.19. The van der Waals surface area contributed by atoms with Crippen LogP contribution in [0.15, 0.2) is 17.4 Å². The van der Waals surface area contributed by atoms with Gasteiger partial charge in [0.1, 0.15) is 6.26 Å². The van der Waals surface area contributed by atoms with Gasteiger partial charge < -0.3 is 4.52 Å². The van der Waals surface area contributed by atoms with Gasteiger partial charge in [-0.25, -0.2) is 0 Å². The molecule has 1 N–H and O–H groups in total. The van der Waals surface area contributed by atoms with Crippen LogP contribution in [0.3, 0.4) is 0 Å². The van der Waals surface area contributed by atoms with Crippen molar-refractivity contribution in [3.8, 4) is 0 Å². The molecule has 0 fully saturated rings. The van der Waals surface area contributed by atoms with Crippen LogP contribution >= 0.6 is 0 Å². The number of fused-ring (bicyclic) bond motifs is 1. The van der Waals surface area contributed by atoms with Crippen molar-refractivity contribution >= 4 is 17.1 Å². The summed E-state index contributed by atoms with van der Waals surface area (Å²) in [6.07, 6.45) is 3.19. The molecule has 0 aliphatic carbocycles. The third-order valence-corrected chi connectivity index (χ3v) is 1.32. The highest BCUT2D eigenvalue weighted by molar-refractivity contribution is 5.82. The standard InChI is InChI=1S/C6H5N3O/c1-2-5-4-3-10-9-6(4)8-7-5/h2-3H,1H2,(H,8,9). The molecule has 0 aromatic carbocycles. The van der Waals surface area contributed by atoms with E-state index in [9.17, 15) is 0 Å². The number of nitrogens with zero attached hydrogens (tertiary/aromatic N) is 2. The first-order chi connectivity index (χ1) is 4.92. The van der Waals surface area contributed by atoms with Crippen molar-refractivity contribution in [3.63, 3.8) is 0 Å². The Kier molecular flexibility index (Phi) is 0.887. The lowest BCUT2D eigenvalue weighted by Gasteiger charge is -1.74. The second kappa shape index (κ2) is 1.70. The fourth-order valence-corrected chi connectivity index (χ4v) is 0.828. The van der Waals surface area contributed by atoms with Crippen LogP contribution in [0.4, 0.5) is 0 Å². The molecule has 2 heterocycles. The van der Waals surface area contributed by atoms with E-state index in [1.807, 2.05) is 0 Å². The van der Waals surface area contributed by atoms with E-state index in [0.717, 1.165) is 11.1 Å². The van der Waals surface area contributed by atoms with E-state index in [0.29, 0.717) is 5.65 Å². The van der Waals surface area contributed by atoms with Gasteiger partial charge in [-0.2, -0.15) is 5.10 Å². The highest BCUT2D eigenvalue weighted by Crippen LogP contribution is 2.13. The molecule has 0 saturated carbocycles. The lowest BCUT2D eigenvalue weighted by molar-refractivity contribution is 0.425. The summed E-state index contributed by atoms with van der Waals surface area (Å²) in [5, 5.41) is 11.1. The van der Waals surface area contributed by atoms with Gasteiger partial charge >= 0.3 is 0 Å². The molecule has 4 heteroatoms. The van der Waals surface area contributed by atoms with Crippen molar-refractivity contribution in [2.75, 3.05) is 0 Å². The van der Waals surface area contributed by atoms with Gasteiger partial charge in [-0.1, -0.05) is 11.7 Å². The number of aromatic nitrogens is 3. The fourth-order valence-electron chi connectivity index (χ4n) is 0.828. The summed E-state index contributed by atoms with van der Waals surface area (Å²) in [5.41, 5.74) is 1.44. The Morgan fingerprint density at radius 2 is 2.60 bits per heavy atom. The largest absolute Gasteiger partial charge is 0.362 e. The first-order valence-corrected chi connectivity index (χ1v) is 2.82. The van der Waals surface area contributed by atoms with Crippen molar-refractivity contribution in [1.29, 1.82) is 0 Å². The molecule has 0 saturated heterocycles. The van der Waals surface area contributed by atoms with E-state index >= 15 is 0 Å². The normalized spacial score (nSPS) is 10.4. The molecule has 0 aliphatic rings. The minimum Gasteiger partial charge on any atom is -0.362 e. The molecule has 2 aromatic rings. The van der Waals surface area contributed by atoms with Crippen LogP contribution in [-0.2, 0) is 0 Å². The molecule has 0 radical (unpaired) electrons. The van der Waals surface area contributed by atoms with Gasteiger partial charge in [0.15, 0.2) is 5.65 Å². The summed E-state index contributed by atoms with van der Waals surface area (Å²) >= 11 is 0. The number of rotatable bonds is 1. The Morgan fingerprint density at radius 3 is 3.40 bits per heavy atom. The summed E-state index contributed by atoms with van der Waals surface area (Å²) in [4.78, 5) is 0. The summed E-state index contributed by atoms with van der Waals surface area (Å²) in [6, 6.07) is 0. The van der Waals surface area contributed by atoms with Gasteiger partial charge in [0, 0.05) is 0 Å². The monoisotopic (exact) mass is 135 g/mol. The minimum atomic E-state index is 0.662. The van der Waals surface area contributed by atoms with Gasteiger partial charge in [0.2, 0.25) is 0 Å². The number of aromatic amines is 1. The van der Waals surface area contributed by atoms with Crippen molar-refractivity contribution in [2.45, 2.75) is 0 Å². The lowest BCUT2D eigenvalue weighted by Crippen LogP contribution is -1.69. The molecule has 2 rings (SSSR count). The van der Waals surface area contributed by atoms with Crippen molar-refractivity contribution in [2.24, 2.45) is 0 Å². The smallest absolute Gasteiger partial charge is 0.199 e. The molecule has 0 aliphatic heterocycles. The van der Waals surface area contributed by atoms with Crippen molar-refractivity contribution in [3.05, 3.63) is 18.5 Å². The molecule has 50 valence electrons. The SMILES string of the molecule is C=Cc1n[nH]c2nocc12. The maximum atomic E-state index is 4.68. The highest BCUT2D eigenvalue weighted by Gasteiger charge is 2.03. The second-order valence-electron chi connectivity index (χ2n) is 1.89. The maximum Gasteiger partial charge on any atom is 0.199 e. The first-order valence-electron chi connectivity index (χ1n) is 2.82. The Morgan fingerprint density at radius 1 is 1.70 bits per heavy atom. The topological polar surface area (TPSA) is 54.7 Å². The van der Waals surface area contributed by atoms with Gasteiger partial charge in [0.25, 0.3) is 0 Å². The van der Waals surface area contributed by atoms with Crippen LogP contribution < -0.4 is 0 Å². The quantitative estimate of drug-likeness (QED) is 0.639. The van der Waals surface area contributed by atoms with Crippen LogP contribution in [0.2, 0.25) is 0 Å². The third-order valence-electron chi connectivity index (χ3n) is 1.32. The van der Waals surface area contributed by atoms with Crippen LogP contribution in [0.25, 0.3) is 17.1 Å². The lowest BCUT2D eigenvalue weighted by atomic mass is 10.3. The molecule has 0 unspecified atom stereocenters. The molecule has 4 nitrogen and oxygen atoms in total. The van der Waals surface area contributed by atoms with E-state index < -0.39 is 0 Å². The Bertz CT molecular complexity index is 360. The first kappa shape index (κ1) is 5.22. The van der Waals surface area contributed by atoms with E-state index in [2.05, 4.69) is 26.5 Å². The van der Waals surface area contributed by atoms with Crippen molar-refractivity contribution < 1.29 is 4.52 Å². The average Bonchev–Trinajstić information content (AvgIpc) is 2.44. The highest BCUT2D eigenvalue weighted by atomic mass is 16.5. The van der Waals surface area contributed by atoms with Crippen LogP contribution in [-0.4, -0.2) is 15.4 Å². The molecule has 2 aromatic heterocycles.